The molecule has 9 heteroatoms. The van der Waals surface area contributed by atoms with Crippen molar-refractivity contribution in [3.8, 4) is 5.75 Å². The summed E-state index contributed by atoms with van der Waals surface area (Å²) in [6, 6.07) is 4.62. The second-order valence-corrected chi connectivity index (χ2v) is 13.2. The number of piperidine rings is 1. The highest BCUT2D eigenvalue weighted by molar-refractivity contribution is 8.03. The Balaban J connectivity index is 1.48. The van der Waals surface area contributed by atoms with Crippen molar-refractivity contribution in [2.45, 2.75) is 49.2 Å². The van der Waals surface area contributed by atoms with E-state index < -0.39 is 19.8 Å². The fourth-order valence-electron chi connectivity index (χ4n) is 4.91. The lowest BCUT2D eigenvalue weighted by atomic mass is 9.44. The van der Waals surface area contributed by atoms with E-state index in [0.29, 0.717) is 37.2 Å². The van der Waals surface area contributed by atoms with E-state index in [1.54, 1.807) is 19.1 Å². The summed E-state index contributed by atoms with van der Waals surface area (Å²) in [6.45, 7) is 2.72. The molecule has 29 heavy (non-hydrogen) atoms. The number of amides is 1. The van der Waals surface area contributed by atoms with Crippen LogP contribution in [0.5, 0.6) is 5.75 Å². The Bertz CT molecular complexity index is 1050. The number of benzene rings is 1. The molecule has 1 saturated heterocycles. The smallest absolute Gasteiger partial charge is 0.290 e. The molecule has 4 aliphatic rings. The number of hydrogen-bond donors (Lipinski definition) is 0. The molecule has 0 spiro atoms. The van der Waals surface area contributed by atoms with E-state index in [4.69, 9.17) is 4.74 Å². The maximum Gasteiger partial charge on any atom is 0.290 e. The van der Waals surface area contributed by atoms with Gasteiger partial charge in [0, 0.05) is 24.6 Å². The normalized spacial score (nSPS) is 28.7. The van der Waals surface area contributed by atoms with Gasteiger partial charge in [-0.2, -0.15) is 8.42 Å². The summed E-state index contributed by atoms with van der Waals surface area (Å²) in [5.74, 6) is 1.54. The highest BCUT2D eigenvalue weighted by Gasteiger charge is 2.62. The summed E-state index contributed by atoms with van der Waals surface area (Å²) in [7, 11) is -5.51. The minimum Gasteiger partial charge on any atom is -0.497 e. The Morgan fingerprint density at radius 1 is 1.17 bits per heavy atom. The number of methoxy groups -OCH3 is 1. The molecule has 1 aromatic rings. The van der Waals surface area contributed by atoms with Gasteiger partial charge >= 0.3 is 0 Å². The second-order valence-electron chi connectivity index (χ2n) is 8.79. The van der Waals surface area contributed by atoms with E-state index in [1.807, 2.05) is 4.90 Å². The standard InChI is InChI=1S/C20H28N2O5S2/c1-14-10-16(27-2)4-5-18(14)29(25,26)21-28(3,24)17-6-8-22(9-7-17)19(23)20-11-15(12-20)13-20/h4-5,10,15,17H,6-9,11-13H2,1-3H3. The lowest BCUT2D eigenvalue weighted by molar-refractivity contribution is -0.177. The average Bonchev–Trinajstić information content (AvgIpc) is 2.57. The van der Waals surface area contributed by atoms with Gasteiger partial charge in [-0.3, -0.25) is 4.79 Å². The van der Waals surface area contributed by atoms with Crippen molar-refractivity contribution in [2.24, 2.45) is 15.1 Å². The Labute approximate surface area is 173 Å². The molecular formula is C20H28N2O5S2. The summed E-state index contributed by atoms with van der Waals surface area (Å²) < 4.78 is 47.8. The molecule has 1 heterocycles. The molecule has 1 aromatic carbocycles. The van der Waals surface area contributed by atoms with Gasteiger partial charge in [0.2, 0.25) is 5.91 Å². The molecule has 0 radical (unpaired) electrons. The molecule has 1 unspecified atom stereocenters. The molecule has 4 fully saturated rings. The van der Waals surface area contributed by atoms with Crippen LogP contribution in [0.1, 0.15) is 37.7 Å². The van der Waals surface area contributed by atoms with Crippen LogP contribution in [0.15, 0.2) is 26.9 Å². The summed E-state index contributed by atoms with van der Waals surface area (Å²) in [6.07, 6.45) is 5.51. The highest BCUT2D eigenvalue weighted by atomic mass is 32.3. The zero-order valence-electron chi connectivity index (χ0n) is 17.1. The third-order valence-corrected chi connectivity index (χ3v) is 11.4. The lowest BCUT2D eigenvalue weighted by Gasteiger charge is -2.61. The molecular weight excluding hydrogens is 412 g/mol. The van der Waals surface area contributed by atoms with Crippen LogP contribution < -0.4 is 4.74 Å². The van der Waals surface area contributed by atoms with Crippen LogP contribution in [0.25, 0.3) is 0 Å². The number of hydrogen-bond acceptors (Lipinski definition) is 5. The number of likely N-dealkylation sites (tertiary alicyclic amines) is 1. The fraction of sp³-hybridized carbons (Fsp3) is 0.650. The summed E-state index contributed by atoms with van der Waals surface area (Å²) in [5, 5.41) is -0.340. The van der Waals surface area contributed by atoms with Crippen molar-refractivity contribution in [2.75, 3.05) is 26.5 Å². The zero-order valence-corrected chi connectivity index (χ0v) is 18.7. The Morgan fingerprint density at radius 2 is 1.79 bits per heavy atom. The average molecular weight is 441 g/mol. The van der Waals surface area contributed by atoms with Gasteiger partial charge in [0.1, 0.15) is 5.75 Å². The first-order valence-corrected chi connectivity index (χ1v) is 13.4. The van der Waals surface area contributed by atoms with Crippen molar-refractivity contribution in [1.82, 2.24) is 4.90 Å². The summed E-state index contributed by atoms with van der Waals surface area (Å²) in [5.41, 5.74) is 0.396. The first-order valence-electron chi connectivity index (χ1n) is 9.98. The van der Waals surface area contributed by atoms with Gasteiger partial charge in [-0.25, -0.2) is 4.21 Å². The Kier molecular flexibility index (Phi) is 4.97. The summed E-state index contributed by atoms with van der Waals surface area (Å²) in [4.78, 5) is 14.6. The molecule has 7 nitrogen and oxygen atoms in total. The number of carbonyl (C=O) groups is 1. The first kappa shape index (κ1) is 20.7. The molecule has 1 atom stereocenters. The van der Waals surface area contributed by atoms with E-state index in [9.17, 15) is 17.4 Å². The van der Waals surface area contributed by atoms with Crippen molar-refractivity contribution >= 4 is 25.7 Å². The van der Waals surface area contributed by atoms with Crippen molar-refractivity contribution in [3.05, 3.63) is 23.8 Å². The zero-order chi connectivity index (χ0) is 21.0. The molecule has 0 aromatic heterocycles. The van der Waals surface area contributed by atoms with E-state index in [2.05, 4.69) is 3.77 Å². The molecule has 3 aliphatic carbocycles. The van der Waals surface area contributed by atoms with E-state index in [1.165, 1.54) is 19.4 Å². The van der Waals surface area contributed by atoms with Crippen LogP contribution in [-0.2, 0) is 24.5 Å². The van der Waals surface area contributed by atoms with Gasteiger partial charge < -0.3 is 9.64 Å². The minimum absolute atomic E-state index is 0.0455. The van der Waals surface area contributed by atoms with E-state index >= 15 is 0 Å². The Hall–Kier alpha value is -1.61. The number of ether oxygens (including phenoxy) is 1. The van der Waals surface area contributed by atoms with E-state index in [-0.39, 0.29) is 21.5 Å². The number of rotatable bonds is 5. The molecule has 5 rings (SSSR count). The molecule has 1 amide bonds. The highest BCUT2D eigenvalue weighted by Crippen LogP contribution is 2.65. The van der Waals surface area contributed by atoms with Crippen molar-refractivity contribution in [1.29, 1.82) is 0 Å². The van der Waals surface area contributed by atoms with Crippen molar-refractivity contribution in [3.63, 3.8) is 0 Å². The van der Waals surface area contributed by atoms with Crippen LogP contribution >= 0.6 is 0 Å². The quantitative estimate of drug-likeness (QED) is 0.702. The molecule has 0 N–H and O–H groups in total. The van der Waals surface area contributed by atoms with Crippen LogP contribution in [0.4, 0.5) is 0 Å². The van der Waals surface area contributed by atoms with E-state index in [0.717, 1.165) is 25.2 Å². The van der Waals surface area contributed by atoms with Gasteiger partial charge in [0.05, 0.1) is 27.1 Å². The lowest BCUT2D eigenvalue weighted by Crippen LogP contribution is -2.62. The maximum absolute atomic E-state index is 13.2. The van der Waals surface area contributed by atoms with Crippen LogP contribution in [-0.4, -0.2) is 55.1 Å². The largest absolute Gasteiger partial charge is 0.497 e. The third kappa shape index (κ3) is 3.56. The van der Waals surface area contributed by atoms with Gasteiger partial charge in [0.15, 0.2) is 0 Å². The SMILES string of the molecule is COc1ccc(S(=O)(=O)N=S(C)(=O)C2CCN(C(=O)C34CC(C3)C4)CC2)c(C)c1. The Morgan fingerprint density at radius 3 is 2.28 bits per heavy atom. The molecule has 3 saturated carbocycles. The number of sulfonamides is 1. The first-order chi connectivity index (χ1) is 13.6. The monoisotopic (exact) mass is 440 g/mol. The predicted molar refractivity (Wildman–Crippen MR) is 111 cm³/mol. The summed E-state index contributed by atoms with van der Waals surface area (Å²) >= 11 is 0. The fourth-order valence-corrected chi connectivity index (χ4v) is 9.06. The van der Waals surface area contributed by atoms with Gasteiger partial charge in [-0.1, -0.05) is 0 Å². The number of nitrogens with zero attached hydrogens (tertiary/aromatic N) is 2. The van der Waals surface area contributed by atoms with Crippen molar-refractivity contribution < 1.29 is 22.2 Å². The van der Waals surface area contributed by atoms with Gasteiger partial charge in [-0.05, 0) is 68.7 Å². The van der Waals surface area contributed by atoms with Gasteiger partial charge in [-0.15, -0.1) is 3.77 Å². The van der Waals surface area contributed by atoms with Crippen LogP contribution in [0.2, 0.25) is 0 Å². The maximum atomic E-state index is 13.2. The molecule has 160 valence electrons. The topological polar surface area (TPSA) is 93.1 Å². The van der Waals surface area contributed by atoms with Crippen LogP contribution in [0, 0.1) is 18.3 Å². The molecule has 1 aliphatic heterocycles. The third-order valence-electron chi connectivity index (χ3n) is 6.75. The second kappa shape index (κ2) is 6.97. The number of carbonyl (C=O) groups excluding carboxylic acids is 1. The van der Waals surface area contributed by atoms with Crippen LogP contribution in [0.3, 0.4) is 0 Å². The number of aryl methyl sites for hydroxylation is 1. The minimum atomic E-state index is -4.05. The van der Waals surface area contributed by atoms with Gasteiger partial charge in [0.25, 0.3) is 10.0 Å². The predicted octanol–water partition coefficient (Wildman–Crippen LogP) is 2.58. The molecule has 2 bridgehead atoms.